The Morgan fingerprint density at radius 3 is 2.68 bits per heavy atom. The number of aliphatic hydroxyl groups is 1. The first-order chi connectivity index (χ1) is 9.04. The maximum atomic E-state index is 11.5. The molecule has 0 bridgehead atoms. The Morgan fingerprint density at radius 2 is 2.16 bits per heavy atom. The van der Waals surface area contributed by atoms with E-state index >= 15 is 0 Å². The van der Waals surface area contributed by atoms with E-state index in [0.29, 0.717) is 29.5 Å². The molecule has 0 amide bonds. The Kier molecular flexibility index (Phi) is 6.18. The van der Waals surface area contributed by atoms with Crippen molar-refractivity contribution in [1.82, 2.24) is 5.32 Å². The fraction of sp³-hybridized carbons (Fsp3) is 0.286. The van der Waals surface area contributed by atoms with Gasteiger partial charge in [0.25, 0.3) is 0 Å². The maximum absolute atomic E-state index is 11.5. The Hall–Kier alpha value is -1.72. The van der Waals surface area contributed by atoms with Crippen LogP contribution in [0.15, 0.2) is 36.9 Å². The third kappa shape index (κ3) is 5.19. The topological polar surface area (TPSA) is 58.6 Å². The molecule has 0 aromatic heterocycles. The van der Waals surface area contributed by atoms with Crippen LogP contribution in [0.2, 0.25) is 0 Å². The first-order valence-electron chi connectivity index (χ1n) is 5.90. The van der Waals surface area contributed by atoms with Crippen LogP contribution >= 0.6 is 12.2 Å². The van der Waals surface area contributed by atoms with E-state index in [0.717, 1.165) is 0 Å². The number of carbonyl (C=O) groups is 1. The smallest absolute Gasteiger partial charge is 0.190 e. The Bertz CT molecular complexity index is 454. The maximum Gasteiger partial charge on any atom is 0.190 e. The predicted molar refractivity (Wildman–Crippen MR) is 78.7 cm³/mol. The van der Waals surface area contributed by atoms with Crippen LogP contribution in [0.25, 0.3) is 0 Å². The van der Waals surface area contributed by atoms with E-state index in [4.69, 9.17) is 17.0 Å². The summed E-state index contributed by atoms with van der Waals surface area (Å²) < 4.78 is 5.47. The van der Waals surface area contributed by atoms with Crippen molar-refractivity contribution in [2.24, 2.45) is 0 Å². The summed E-state index contributed by atoms with van der Waals surface area (Å²) in [5.74, 6) is 0.359. The minimum atomic E-state index is -0.990. The Balaban J connectivity index is 2.42. The van der Waals surface area contributed by atoms with Gasteiger partial charge in [-0.15, -0.1) is 0 Å². The molecule has 1 aromatic carbocycles. The SMILES string of the molecule is C=CC(=S)NCCOc1ccc(C(=O)C(C)O)cc1. The molecule has 5 heteroatoms. The summed E-state index contributed by atoms with van der Waals surface area (Å²) in [6.07, 6.45) is 0.571. The molecule has 1 aromatic rings. The lowest BCUT2D eigenvalue weighted by Crippen LogP contribution is -2.24. The first kappa shape index (κ1) is 15.3. The zero-order valence-electron chi connectivity index (χ0n) is 10.8. The summed E-state index contributed by atoms with van der Waals surface area (Å²) in [6, 6.07) is 6.65. The number of nitrogens with one attached hydrogen (secondary N) is 1. The van der Waals surface area contributed by atoms with E-state index in [2.05, 4.69) is 11.9 Å². The Morgan fingerprint density at radius 1 is 1.53 bits per heavy atom. The van der Waals surface area contributed by atoms with Gasteiger partial charge >= 0.3 is 0 Å². The number of rotatable bonds is 7. The molecule has 0 fully saturated rings. The van der Waals surface area contributed by atoms with Gasteiger partial charge in [0.2, 0.25) is 0 Å². The van der Waals surface area contributed by atoms with Gasteiger partial charge in [0.1, 0.15) is 18.5 Å². The minimum absolute atomic E-state index is 0.301. The summed E-state index contributed by atoms with van der Waals surface area (Å²) in [4.78, 5) is 12.1. The molecule has 0 spiro atoms. The lowest BCUT2D eigenvalue weighted by Gasteiger charge is -2.08. The number of Topliss-reactive ketones (excluding diaryl/α,β-unsaturated/α-hetero) is 1. The van der Waals surface area contributed by atoms with Crippen molar-refractivity contribution in [1.29, 1.82) is 0 Å². The predicted octanol–water partition coefficient (Wildman–Crippen LogP) is 1.73. The van der Waals surface area contributed by atoms with Gasteiger partial charge in [-0.1, -0.05) is 18.8 Å². The average molecular weight is 279 g/mol. The van der Waals surface area contributed by atoms with Gasteiger partial charge in [-0.2, -0.15) is 0 Å². The first-order valence-corrected chi connectivity index (χ1v) is 6.31. The van der Waals surface area contributed by atoms with Gasteiger partial charge in [0.15, 0.2) is 5.78 Å². The van der Waals surface area contributed by atoms with Crippen molar-refractivity contribution >= 4 is 23.0 Å². The number of ketones is 1. The van der Waals surface area contributed by atoms with E-state index < -0.39 is 6.10 Å². The summed E-state index contributed by atoms with van der Waals surface area (Å²) in [7, 11) is 0. The zero-order chi connectivity index (χ0) is 14.3. The molecule has 0 heterocycles. The highest BCUT2D eigenvalue weighted by Gasteiger charge is 2.11. The van der Waals surface area contributed by atoms with Gasteiger partial charge in [-0.25, -0.2) is 0 Å². The molecule has 102 valence electrons. The number of benzene rings is 1. The van der Waals surface area contributed by atoms with Crippen molar-refractivity contribution in [3.63, 3.8) is 0 Å². The molecule has 1 unspecified atom stereocenters. The molecule has 0 radical (unpaired) electrons. The Labute approximate surface area is 118 Å². The van der Waals surface area contributed by atoms with Crippen LogP contribution in [0.3, 0.4) is 0 Å². The van der Waals surface area contributed by atoms with Gasteiger partial charge < -0.3 is 15.2 Å². The third-order valence-electron chi connectivity index (χ3n) is 2.37. The van der Waals surface area contributed by atoms with Crippen LogP contribution in [0, 0.1) is 0 Å². The summed E-state index contributed by atoms with van der Waals surface area (Å²) >= 11 is 4.91. The van der Waals surface area contributed by atoms with Crippen molar-refractivity contribution in [3.05, 3.63) is 42.5 Å². The third-order valence-corrected chi connectivity index (χ3v) is 2.68. The second kappa shape index (κ2) is 7.66. The van der Waals surface area contributed by atoms with E-state index in [1.54, 1.807) is 30.3 Å². The van der Waals surface area contributed by atoms with Crippen molar-refractivity contribution in [2.75, 3.05) is 13.2 Å². The van der Waals surface area contributed by atoms with Crippen molar-refractivity contribution in [2.45, 2.75) is 13.0 Å². The molecule has 19 heavy (non-hydrogen) atoms. The highest BCUT2D eigenvalue weighted by Crippen LogP contribution is 2.13. The van der Waals surface area contributed by atoms with Crippen molar-refractivity contribution in [3.8, 4) is 5.75 Å². The normalized spacial score (nSPS) is 11.5. The summed E-state index contributed by atoms with van der Waals surface area (Å²) in [5.41, 5.74) is 0.466. The molecule has 0 aliphatic rings. The summed E-state index contributed by atoms with van der Waals surface area (Å²) in [6.45, 7) is 6.02. The molecule has 0 aliphatic heterocycles. The fourth-order valence-electron chi connectivity index (χ4n) is 1.37. The van der Waals surface area contributed by atoms with Gasteiger partial charge in [0.05, 0.1) is 4.99 Å². The highest BCUT2D eigenvalue weighted by molar-refractivity contribution is 7.80. The molecule has 0 aliphatic carbocycles. The lowest BCUT2D eigenvalue weighted by atomic mass is 10.1. The molecule has 1 rings (SSSR count). The number of thiocarbonyl (C=S) groups is 1. The van der Waals surface area contributed by atoms with Crippen LogP contribution in [-0.4, -0.2) is 35.1 Å². The van der Waals surface area contributed by atoms with Gasteiger partial charge in [0, 0.05) is 12.1 Å². The monoisotopic (exact) mass is 279 g/mol. The molecule has 0 saturated heterocycles. The fourth-order valence-corrected chi connectivity index (χ4v) is 1.47. The quantitative estimate of drug-likeness (QED) is 0.344. The molecular formula is C14H17NO3S. The van der Waals surface area contributed by atoms with Crippen LogP contribution < -0.4 is 10.1 Å². The minimum Gasteiger partial charge on any atom is -0.492 e. The van der Waals surface area contributed by atoms with Gasteiger partial charge in [-0.3, -0.25) is 4.79 Å². The number of carbonyl (C=O) groups excluding carboxylic acids is 1. The lowest BCUT2D eigenvalue weighted by molar-refractivity contribution is 0.0779. The standard InChI is InChI=1S/C14H17NO3S/c1-3-13(19)15-8-9-18-12-6-4-11(5-7-12)14(17)10(2)16/h3-7,10,16H,1,8-9H2,2H3,(H,15,19). The van der Waals surface area contributed by atoms with E-state index in [-0.39, 0.29) is 5.78 Å². The van der Waals surface area contributed by atoms with E-state index in [9.17, 15) is 9.90 Å². The van der Waals surface area contributed by atoms with Crippen molar-refractivity contribution < 1.29 is 14.6 Å². The summed E-state index contributed by atoms with van der Waals surface area (Å²) in [5, 5.41) is 12.1. The van der Waals surface area contributed by atoms with Crippen LogP contribution in [-0.2, 0) is 0 Å². The van der Waals surface area contributed by atoms with Crippen LogP contribution in [0.4, 0.5) is 0 Å². The van der Waals surface area contributed by atoms with Crippen LogP contribution in [0.5, 0.6) is 5.75 Å². The second-order valence-electron chi connectivity index (χ2n) is 3.91. The number of hydrogen-bond acceptors (Lipinski definition) is 4. The number of hydrogen-bond donors (Lipinski definition) is 2. The van der Waals surface area contributed by atoms with E-state index in [1.165, 1.54) is 6.92 Å². The highest BCUT2D eigenvalue weighted by atomic mass is 32.1. The average Bonchev–Trinajstić information content (AvgIpc) is 2.43. The number of aliphatic hydroxyl groups excluding tert-OH is 1. The molecule has 2 N–H and O–H groups in total. The molecular weight excluding hydrogens is 262 g/mol. The van der Waals surface area contributed by atoms with E-state index in [1.807, 2.05) is 0 Å². The van der Waals surface area contributed by atoms with Gasteiger partial charge in [-0.05, 0) is 37.3 Å². The largest absolute Gasteiger partial charge is 0.492 e. The molecule has 4 nitrogen and oxygen atoms in total. The molecule has 0 saturated carbocycles. The zero-order valence-corrected chi connectivity index (χ0v) is 11.6. The second-order valence-corrected chi connectivity index (χ2v) is 4.35. The van der Waals surface area contributed by atoms with Crippen LogP contribution in [0.1, 0.15) is 17.3 Å². The number of ether oxygens (including phenoxy) is 1. The molecule has 1 atom stereocenters.